The number of imidazole rings is 1. The molecule has 3 nitrogen and oxygen atoms in total. The van der Waals surface area contributed by atoms with Gasteiger partial charge in [0.25, 0.3) is 0 Å². The van der Waals surface area contributed by atoms with Crippen LogP contribution in [0, 0.1) is 0 Å². The number of hydrogen-bond donors (Lipinski definition) is 1. The summed E-state index contributed by atoms with van der Waals surface area (Å²) < 4.78 is 2.80. The number of hydrogen-bond acceptors (Lipinski definition) is 3. The molecule has 3 rings (SSSR count). The van der Waals surface area contributed by atoms with Crippen molar-refractivity contribution < 1.29 is 0 Å². The fraction of sp³-hybridized carbons (Fsp3) is 0.0833. The number of nitrogens with one attached hydrogen (secondary N) is 1. The highest BCUT2D eigenvalue weighted by atomic mass is 35.5. The quantitative estimate of drug-likeness (QED) is 0.756. The summed E-state index contributed by atoms with van der Waals surface area (Å²) in [6.45, 7) is 0. The third-order valence-corrected chi connectivity index (χ3v) is 3.74. The predicted octanol–water partition coefficient (Wildman–Crippen LogP) is 4.03. The van der Waals surface area contributed by atoms with Crippen molar-refractivity contribution in [2.24, 2.45) is 7.05 Å². The molecule has 0 saturated heterocycles. The van der Waals surface area contributed by atoms with E-state index in [1.807, 2.05) is 41.9 Å². The number of nitrogens with zero attached hydrogens (tertiary/aromatic N) is 2. The standard InChI is InChI=1S/C12H10ClN3S/c1-16-9-5-3-2-4-8(9)14-12(16)15-11-7-6-10(13)17-11/h2-7H,1H3,(H,14,15). The van der Waals surface area contributed by atoms with Crippen LogP contribution in [0.1, 0.15) is 0 Å². The first-order chi connectivity index (χ1) is 8.24. The number of aryl methyl sites for hydroxylation is 1. The summed E-state index contributed by atoms with van der Waals surface area (Å²) in [5.74, 6) is 0.824. The normalized spacial score (nSPS) is 10.9. The Kier molecular flexibility index (Phi) is 2.53. The first-order valence-corrected chi connectivity index (χ1v) is 6.37. The molecule has 0 radical (unpaired) electrons. The van der Waals surface area contributed by atoms with Gasteiger partial charge in [0.05, 0.1) is 20.4 Å². The molecule has 3 aromatic rings. The van der Waals surface area contributed by atoms with Gasteiger partial charge in [0.2, 0.25) is 5.95 Å². The van der Waals surface area contributed by atoms with E-state index in [1.165, 1.54) is 11.3 Å². The van der Waals surface area contributed by atoms with Crippen LogP contribution in [0.3, 0.4) is 0 Å². The highest BCUT2D eigenvalue weighted by Gasteiger charge is 2.07. The average Bonchev–Trinajstić information content (AvgIpc) is 2.86. The van der Waals surface area contributed by atoms with Gasteiger partial charge in [-0.3, -0.25) is 0 Å². The molecule has 0 saturated carbocycles. The van der Waals surface area contributed by atoms with Gasteiger partial charge < -0.3 is 9.88 Å². The number of anilines is 2. The smallest absolute Gasteiger partial charge is 0.208 e. The van der Waals surface area contributed by atoms with Crippen LogP contribution < -0.4 is 5.32 Å². The van der Waals surface area contributed by atoms with E-state index >= 15 is 0 Å². The van der Waals surface area contributed by atoms with E-state index in [9.17, 15) is 0 Å². The molecule has 1 N–H and O–H groups in total. The van der Waals surface area contributed by atoms with Crippen LogP contribution in [0.15, 0.2) is 36.4 Å². The van der Waals surface area contributed by atoms with Gasteiger partial charge in [0.15, 0.2) is 0 Å². The van der Waals surface area contributed by atoms with Gasteiger partial charge in [0.1, 0.15) is 0 Å². The SMILES string of the molecule is Cn1c(Nc2ccc(Cl)s2)nc2ccccc21. The van der Waals surface area contributed by atoms with Crippen LogP contribution in [0.4, 0.5) is 10.9 Å². The zero-order valence-electron chi connectivity index (χ0n) is 9.14. The summed E-state index contributed by atoms with van der Waals surface area (Å²) in [4.78, 5) is 4.53. The van der Waals surface area contributed by atoms with Crippen LogP contribution in [0.25, 0.3) is 11.0 Å². The highest BCUT2D eigenvalue weighted by Crippen LogP contribution is 2.29. The van der Waals surface area contributed by atoms with Crippen LogP contribution >= 0.6 is 22.9 Å². The van der Waals surface area contributed by atoms with Crippen LogP contribution in [-0.4, -0.2) is 9.55 Å². The maximum absolute atomic E-state index is 5.90. The monoisotopic (exact) mass is 263 g/mol. The van der Waals surface area contributed by atoms with Crippen LogP contribution in [0.5, 0.6) is 0 Å². The van der Waals surface area contributed by atoms with E-state index in [0.717, 1.165) is 26.3 Å². The molecule has 2 aromatic heterocycles. The predicted molar refractivity (Wildman–Crippen MR) is 73.3 cm³/mol. The van der Waals surface area contributed by atoms with Crippen molar-refractivity contribution in [1.29, 1.82) is 0 Å². The lowest BCUT2D eigenvalue weighted by molar-refractivity contribution is 0.959. The minimum absolute atomic E-state index is 0.770. The first kappa shape index (κ1) is 10.6. The number of fused-ring (bicyclic) bond motifs is 1. The number of aromatic nitrogens is 2. The van der Waals surface area contributed by atoms with Gasteiger partial charge in [-0.15, -0.1) is 11.3 Å². The molecule has 0 amide bonds. The molecule has 0 spiro atoms. The van der Waals surface area contributed by atoms with E-state index in [-0.39, 0.29) is 0 Å². The Bertz CT molecular complexity index is 671. The molecule has 0 bridgehead atoms. The van der Waals surface area contributed by atoms with Crippen molar-refractivity contribution in [3.63, 3.8) is 0 Å². The van der Waals surface area contributed by atoms with Crippen molar-refractivity contribution in [2.75, 3.05) is 5.32 Å². The van der Waals surface area contributed by atoms with Crippen molar-refractivity contribution in [2.45, 2.75) is 0 Å². The van der Waals surface area contributed by atoms with Crippen molar-refractivity contribution in [1.82, 2.24) is 9.55 Å². The van der Waals surface area contributed by atoms with Gasteiger partial charge in [0, 0.05) is 7.05 Å². The van der Waals surface area contributed by atoms with Gasteiger partial charge >= 0.3 is 0 Å². The summed E-state index contributed by atoms with van der Waals surface area (Å²) >= 11 is 7.40. The Labute approximate surface area is 108 Å². The minimum Gasteiger partial charge on any atom is -0.317 e. The Hall–Kier alpha value is -1.52. The van der Waals surface area contributed by atoms with Gasteiger partial charge in [-0.1, -0.05) is 23.7 Å². The third-order valence-electron chi connectivity index (χ3n) is 2.60. The lowest BCUT2D eigenvalue weighted by Crippen LogP contribution is -1.97. The largest absolute Gasteiger partial charge is 0.317 e. The average molecular weight is 264 g/mol. The molecule has 86 valence electrons. The molecule has 0 aliphatic rings. The van der Waals surface area contributed by atoms with E-state index in [0.29, 0.717) is 0 Å². The molecule has 1 aromatic carbocycles. The molecule has 0 aliphatic heterocycles. The highest BCUT2D eigenvalue weighted by molar-refractivity contribution is 7.19. The molecule has 0 atom stereocenters. The first-order valence-electron chi connectivity index (χ1n) is 5.18. The van der Waals surface area contributed by atoms with Crippen molar-refractivity contribution in [3.05, 3.63) is 40.7 Å². The number of para-hydroxylation sites is 2. The zero-order chi connectivity index (χ0) is 11.8. The zero-order valence-corrected chi connectivity index (χ0v) is 10.7. The molecule has 0 aliphatic carbocycles. The Morgan fingerprint density at radius 1 is 1.24 bits per heavy atom. The number of benzene rings is 1. The summed E-state index contributed by atoms with van der Waals surface area (Å²) in [6.07, 6.45) is 0. The second-order valence-corrected chi connectivity index (χ2v) is 5.43. The molecule has 17 heavy (non-hydrogen) atoms. The Morgan fingerprint density at radius 2 is 2.06 bits per heavy atom. The Balaban J connectivity index is 2.03. The number of halogens is 1. The lowest BCUT2D eigenvalue weighted by atomic mass is 10.3. The molecule has 0 unspecified atom stereocenters. The van der Waals surface area contributed by atoms with Crippen molar-refractivity contribution >= 4 is 44.9 Å². The van der Waals surface area contributed by atoms with Gasteiger partial charge in [-0.25, -0.2) is 4.98 Å². The van der Waals surface area contributed by atoms with E-state index in [2.05, 4.69) is 16.4 Å². The maximum Gasteiger partial charge on any atom is 0.208 e. The van der Waals surface area contributed by atoms with Crippen LogP contribution in [-0.2, 0) is 7.05 Å². The summed E-state index contributed by atoms with van der Waals surface area (Å²) in [5, 5.41) is 4.26. The summed E-state index contributed by atoms with van der Waals surface area (Å²) in [7, 11) is 1.99. The third kappa shape index (κ3) is 1.90. The van der Waals surface area contributed by atoms with Crippen molar-refractivity contribution in [3.8, 4) is 0 Å². The molecule has 5 heteroatoms. The molecule has 2 heterocycles. The fourth-order valence-electron chi connectivity index (χ4n) is 1.75. The topological polar surface area (TPSA) is 29.9 Å². The van der Waals surface area contributed by atoms with Gasteiger partial charge in [-0.2, -0.15) is 0 Å². The fourth-order valence-corrected chi connectivity index (χ4v) is 2.69. The number of rotatable bonds is 2. The van der Waals surface area contributed by atoms with E-state index in [4.69, 9.17) is 11.6 Å². The van der Waals surface area contributed by atoms with Crippen LogP contribution in [0.2, 0.25) is 4.34 Å². The maximum atomic E-state index is 5.90. The van der Waals surface area contributed by atoms with Gasteiger partial charge in [-0.05, 0) is 24.3 Å². The molecular weight excluding hydrogens is 254 g/mol. The molecule has 0 fully saturated rings. The summed E-state index contributed by atoms with van der Waals surface area (Å²) in [6, 6.07) is 11.9. The van der Waals surface area contributed by atoms with E-state index in [1.54, 1.807) is 0 Å². The minimum atomic E-state index is 0.770. The second-order valence-electron chi connectivity index (χ2n) is 3.71. The van der Waals surface area contributed by atoms with E-state index < -0.39 is 0 Å². The molecular formula is C12H10ClN3S. The lowest BCUT2D eigenvalue weighted by Gasteiger charge is -2.02. The number of thiophene rings is 1. The Morgan fingerprint density at radius 3 is 2.76 bits per heavy atom. The summed E-state index contributed by atoms with van der Waals surface area (Å²) in [5.41, 5.74) is 2.10. The second kappa shape index (κ2) is 4.05.